The number of carbonyl (C=O) groups is 1. The summed E-state index contributed by atoms with van der Waals surface area (Å²) >= 11 is 0. The summed E-state index contributed by atoms with van der Waals surface area (Å²) in [6.07, 6.45) is 2.89. The second-order valence-electron chi connectivity index (χ2n) is 7.34. The molecular weight excluding hydrogens is 342 g/mol. The highest BCUT2D eigenvalue weighted by Gasteiger charge is 2.34. The van der Waals surface area contributed by atoms with E-state index >= 15 is 0 Å². The average molecular weight is 361 g/mol. The van der Waals surface area contributed by atoms with Crippen LogP contribution in [0.15, 0.2) is 70.2 Å². The lowest BCUT2D eigenvalue weighted by molar-refractivity contribution is -0.130. The van der Waals surface area contributed by atoms with Crippen LogP contribution >= 0.6 is 0 Å². The topological polar surface area (TPSA) is 63.9 Å². The molecule has 0 spiro atoms. The summed E-state index contributed by atoms with van der Waals surface area (Å²) in [5, 5.41) is 0. The van der Waals surface area contributed by atoms with Gasteiger partial charge in [0.2, 0.25) is 5.90 Å². The fourth-order valence-electron chi connectivity index (χ4n) is 4.32. The van der Waals surface area contributed by atoms with E-state index in [2.05, 4.69) is 9.89 Å². The number of fused-ring (bicyclic) bond motifs is 4. The quantitative estimate of drug-likeness (QED) is 0.607. The van der Waals surface area contributed by atoms with Crippen LogP contribution in [0.2, 0.25) is 0 Å². The molecular formula is C21H19N3O3. The van der Waals surface area contributed by atoms with Gasteiger partial charge in [-0.1, -0.05) is 24.3 Å². The Balaban J connectivity index is 1.41. The Bertz CT molecular complexity index is 1020. The van der Waals surface area contributed by atoms with Gasteiger partial charge in [-0.3, -0.25) is 4.79 Å². The third-order valence-electron chi connectivity index (χ3n) is 5.45. The molecule has 1 saturated heterocycles. The van der Waals surface area contributed by atoms with Crippen molar-refractivity contribution >= 4 is 11.9 Å². The van der Waals surface area contributed by atoms with E-state index in [0.29, 0.717) is 23.4 Å². The second-order valence-corrected chi connectivity index (χ2v) is 7.34. The number of carbonyl (C=O) groups excluding carboxylic acids is 1. The molecule has 27 heavy (non-hydrogen) atoms. The number of likely N-dealkylation sites (tertiary alicyclic amines) is 1. The molecule has 3 aliphatic rings. The zero-order chi connectivity index (χ0) is 18.4. The van der Waals surface area contributed by atoms with Crippen LogP contribution in [-0.4, -0.2) is 34.4 Å². The van der Waals surface area contributed by atoms with E-state index in [1.165, 1.54) is 0 Å². The lowest BCUT2D eigenvalue weighted by atomic mass is 9.83. The number of hydrogen-bond acceptors (Lipinski definition) is 5. The summed E-state index contributed by atoms with van der Waals surface area (Å²) in [5.41, 5.74) is 2.28. The SMILES string of the molecule is O=C1OC(c2ccccc2)=NC1=CN1CC2CC(C1)c1cccc(=O)n1C2. The fraction of sp³-hybridized carbons (Fsp3) is 0.286. The zero-order valence-electron chi connectivity index (χ0n) is 14.7. The van der Waals surface area contributed by atoms with Gasteiger partial charge in [0.25, 0.3) is 5.56 Å². The van der Waals surface area contributed by atoms with Gasteiger partial charge in [0, 0.05) is 49.1 Å². The molecule has 2 aromatic rings. The highest BCUT2D eigenvalue weighted by atomic mass is 16.6. The van der Waals surface area contributed by atoms with Gasteiger partial charge in [0.15, 0.2) is 5.70 Å². The molecule has 0 aliphatic carbocycles. The number of aromatic nitrogens is 1. The molecule has 2 unspecified atom stereocenters. The second kappa shape index (κ2) is 6.23. The monoisotopic (exact) mass is 361 g/mol. The first-order valence-corrected chi connectivity index (χ1v) is 9.19. The first kappa shape index (κ1) is 16.1. The maximum absolute atomic E-state index is 12.2. The van der Waals surface area contributed by atoms with E-state index in [4.69, 9.17) is 4.74 Å². The molecule has 5 rings (SSSR count). The van der Waals surface area contributed by atoms with Crippen LogP contribution in [-0.2, 0) is 16.1 Å². The van der Waals surface area contributed by atoms with Crippen LogP contribution in [0.5, 0.6) is 0 Å². The number of nitrogens with zero attached hydrogens (tertiary/aromatic N) is 3. The molecule has 4 heterocycles. The van der Waals surface area contributed by atoms with Crippen LogP contribution in [0, 0.1) is 5.92 Å². The van der Waals surface area contributed by atoms with Gasteiger partial charge >= 0.3 is 5.97 Å². The van der Waals surface area contributed by atoms with Crippen molar-refractivity contribution in [2.24, 2.45) is 10.9 Å². The molecule has 0 radical (unpaired) electrons. The molecule has 2 bridgehead atoms. The minimum absolute atomic E-state index is 0.0745. The first-order chi connectivity index (χ1) is 13.2. The summed E-state index contributed by atoms with van der Waals surface area (Å²) < 4.78 is 7.24. The normalized spacial score (nSPS) is 25.2. The van der Waals surface area contributed by atoms with Crippen molar-refractivity contribution in [3.8, 4) is 0 Å². The zero-order valence-corrected chi connectivity index (χ0v) is 14.7. The van der Waals surface area contributed by atoms with E-state index in [9.17, 15) is 9.59 Å². The van der Waals surface area contributed by atoms with Crippen LogP contribution in [0.25, 0.3) is 0 Å². The molecule has 0 N–H and O–H groups in total. The van der Waals surface area contributed by atoms with Gasteiger partial charge in [-0.2, -0.15) is 0 Å². The molecule has 0 amide bonds. The number of hydrogen-bond donors (Lipinski definition) is 0. The average Bonchev–Trinajstić information content (AvgIpc) is 3.04. The Morgan fingerprint density at radius 2 is 1.85 bits per heavy atom. The summed E-state index contributed by atoms with van der Waals surface area (Å²) in [5.74, 6) is 0.614. The largest absolute Gasteiger partial charge is 0.402 e. The molecule has 1 aromatic carbocycles. The van der Waals surface area contributed by atoms with Crippen molar-refractivity contribution in [2.45, 2.75) is 18.9 Å². The van der Waals surface area contributed by atoms with Crippen LogP contribution in [0.1, 0.15) is 23.6 Å². The van der Waals surface area contributed by atoms with Crippen molar-refractivity contribution in [3.63, 3.8) is 0 Å². The molecule has 136 valence electrons. The standard InChI is InChI=1S/C21H19N3O3/c25-19-8-4-7-18-16-9-14(11-24(18)19)10-23(12-16)13-17-21(26)27-20(22-17)15-5-2-1-3-6-15/h1-8,13-14,16H,9-12H2. The minimum atomic E-state index is -0.416. The van der Waals surface area contributed by atoms with E-state index < -0.39 is 5.97 Å². The van der Waals surface area contributed by atoms with E-state index in [1.807, 2.05) is 53.2 Å². The summed E-state index contributed by atoms with van der Waals surface area (Å²) in [6.45, 7) is 2.31. The number of esters is 1. The van der Waals surface area contributed by atoms with Crippen molar-refractivity contribution in [1.82, 2.24) is 9.47 Å². The molecule has 3 aliphatic heterocycles. The highest BCUT2D eigenvalue weighted by Crippen LogP contribution is 2.35. The predicted molar refractivity (Wildman–Crippen MR) is 100 cm³/mol. The molecule has 6 heteroatoms. The van der Waals surface area contributed by atoms with E-state index in [-0.39, 0.29) is 5.56 Å². The Morgan fingerprint density at radius 1 is 1.00 bits per heavy atom. The van der Waals surface area contributed by atoms with Crippen molar-refractivity contribution in [3.05, 3.63) is 82.0 Å². The van der Waals surface area contributed by atoms with E-state index in [1.54, 1.807) is 6.07 Å². The van der Waals surface area contributed by atoms with Gasteiger partial charge in [-0.15, -0.1) is 0 Å². The minimum Gasteiger partial charge on any atom is -0.402 e. The van der Waals surface area contributed by atoms with Gasteiger partial charge < -0.3 is 14.2 Å². The number of piperidine rings is 1. The fourth-order valence-corrected chi connectivity index (χ4v) is 4.32. The number of benzene rings is 1. The summed E-state index contributed by atoms with van der Waals surface area (Å²) in [6, 6.07) is 14.9. The summed E-state index contributed by atoms with van der Waals surface area (Å²) in [4.78, 5) is 30.9. The number of pyridine rings is 1. The lowest BCUT2D eigenvalue weighted by Gasteiger charge is -2.42. The van der Waals surface area contributed by atoms with Crippen LogP contribution < -0.4 is 5.56 Å². The molecule has 2 atom stereocenters. The van der Waals surface area contributed by atoms with Crippen LogP contribution in [0.4, 0.5) is 0 Å². The Morgan fingerprint density at radius 3 is 2.70 bits per heavy atom. The van der Waals surface area contributed by atoms with Crippen molar-refractivity contribution < 1.29 is 9.53 Å². The smallest absolute Gasteiger partial charge is 0.365 e. The Labute approximate surface area is 156 Å². The van der Waals surface area contributed by atoms with Crippen molar-refractivity contribution in [1.29, 1.82) is 0 Å². The Kier molecular flexibility index (Phi) is 3.70. The first-order valence-electron chi connectivity index (χ1n) is 9.19. The van der Waals surface area contributed by atoms with E-state index in [0.717, 1.165) is 37.3 Å². The maximum Gasteiger partial charge on any atom is 0.365 e. The number of ether oxygens (including phenoxy) is 1. The third kappa shape index (κ3) is 2.87. The predicted octanol–water partition coefficient (Wildman–Crippen LogP) is 2.11. The third-order valence-corrected chi connectivity index (χ3v) is 5.45. The van der Waals surface area contributed by atoms with Gasteiger partial charge in [-0.25, -0.2) is 9.79 Å². The number of rotatable bonds is 2. The van der Waals surface area contributed by atoms with Crippen LogP contribution in [0.3, 0.4) is 0 Å². The highest BCUT2D eigenvalue weighted by molar-refractivity contribution is 6.11. The number of cyclic esters (lactones) is 1. The molecule has 0 saturated carbocycles. The summed E-state index contributed by atoms with van der Waals surface area (Å²) in [7, 11) is 0. The van der Waals surface area contributed by atoms with Gasteiger partial charge in [0.05, 0.1) is 0 Å². The number of aliphatic imine (C=N–C) groups is 1. The maximum atomic E-state index is 12.2. The molecule has 1 fully saturated rings. The van der Waals surface area contributed by atoms with Gasteiger partial charge in [-0.05, 0) is 30.5 Å². The molecule has 6 nitrogen and oxygen atoms in total. The Hall–Kier alpha value is -3.15. The lowest BCUT2D eigenvalue weighted by Crippen LogP contribution is -2.45. The molecule has 1 aromatic heterocycles. The van der Waals surface area contributed by atoms with Gasteiger partial charge in [0.1, 0.15) is 0 Å². The van der Waals surface area contributed by atoms with Crippen molar-refractivity contribution in [2.75, 3.05) is 13.1 Å².